The van der Waals surface area contributed by atoms with Gasteiger partial charge in [-0.2, -0.15) is 9.29 Å². The van der Waals surface area contributed by atoms with Crippen LogP contribution in [0.3, 0.4) is 0 Å². The Morgan fingerprint density at radius 2 is 1.89 bits per heavy atom. The monoisotopic (exact) mass is 388 g/mol. The van der Waals surface area contributed by atoms with Crippen molar-refractivity contribution in [2.24, 2.45) is 0 Å². The molecule has 0 unspecified atom stereocenters. The first-order valence-electron chi connectivity index (χ1n) is 7.81. The van der Waals surface area contributed by atoms with Crippen LogP contribution in [0, 0.1) is 10.1 Å². The third-order valence-corrected chi connectivity index (χ3v) is 5.90. The third-order valence-electron chi connectivity index (χ3n) is 4.07. The molecule has 138 valence electrons. The average molecular weight is 388 g/mol. The summed E-state index contributed by atoms with van der Waals surface area (Å²) in [5.41, 5.74) is -0.280. The molecule has 0 saturated carbocycles. The maximum absolute atomic E-state index is 12.6. The molecule has 11 nitrogen and oxygen atoms in total. The van der Waals surface area contributed by atoms with Crippen molar-refractivity contribution in [3.05, 3.63) is 58.7 Å². The average Bonchev–Trinajstić information content (AvgIpc) is 3.10. The second-order valence-electron chi connectivity index (χ2n) is 5.80. The molecule has 0 radical (unpaired) electrons. The fourth-order valence-electron chi connectivity index (χ4n) is 2.60. The minimum absolute atomic E-state index is 0.126. The van der Waals surface area contributed by atoms with Gasteiger partial charge >= 0.3 is 0 Å². The van der Waals surface area contributed by atoms with Gasteiger partial charge in [-0.1, -0.05) is 11.2 Å². The highest BCUT2D eigenvalue weighted by Crippen LogP contribution is 2.32. The second-order valence-corrected chi connectivity index (χ2v) is 7.74. The molecule has 1 aromatic carbocycles. The van der Waals surface area contributed by atoms with Gasteiger partial charge in [0.05, 0.1) is 15.7 Å². The molecular formula is C15H12N6O5S. The van der Waals surface area contributed by atoms with Gasteiger partial charge in [-0.15, -0.1) is 0 Å². The van der Waals surface area contributed by atoms with Crippen LogP contribution in [0.4, 0.5) is 5.69 Å². The molecule has 1 saturated heterocycles. The minimum atomic E-state index is -3.83. The van der Waals surface area contributed by atoms with Crippen molar-refractivity contribution in [1.29, 1.82) is 0 Å². The highest BCUT2D eigenvalue weighted by molar-refractivity contribution is 7.89. The van der Waals surface area contributed by atoms with Crippen LogP contribution in [0.5, 0.6) is 0 Å². The number of nitrogens with zero attached hydrogens (tertiary/aromatic N) is 6. The van der Waals surface area contributed by atoms with Crippen LogP contribution in [0.2, 0.25) is 0 Å². The van der Waals surface area contributed by atoms with E-state index in [2.05, 4.69) is 20.1 Å². The number of hydrogen-bond donors (Lipinski definition) is 0. The van der Waals surface area contributed by atoms with Gasteiger partial charge in [0.1, 0.15) is 0 Å². The van der Waals surface area contributed by atoms with Gasteiger partial charge in [0.15, 0.2) is 0 Å². The molecule has 27 heavy (non-hydrogen) atoms. The molecule has 0 aliphatic carbocycles. The number of benzene rings is 1. The van der Waals surface area contributed by atoms with E-state index in [4.69, 9.17) is 4.52 Å². The molecule has 12 heteroatoms. The smallest absolute Gasteiger partial charge is 0.270 e. The molecule has 1 aliphatic rings. The van der Waals surface area contributed by atoms with Gasteiger partial charge in [0, 0.05) is 37.6 Å². The van der Waals surface area contributed by atoms with E-state index < -0.39 is 14.9 Å². The fraction of sp³-hybridized carbons (Fsp3) is 0.200. The molecule has 0 spiro atoms. The van der Waals surface area contributed by atoms with Crippen LogP contribution in [-0.4, -0.2) is 50.8 Å². The van der Waals surface area contributed by atoms with Crippen LogP contribution < -0.4 is 0 Å². The van der Waals surface area contributed by atoms with Crippen molar-refractivity contribution in [3.8, 4) is 11.6 Å². The molecule has 2 aromatic heterocycles. The van der Waals surface area contributed by atoms with Gasteiger partial charge in [0.2, 0.25) is 27.6 Å². The predicted molar refractivity (Wildman–Crippen MR) is 89.9 cm³/mol. The molecule has 1 aliphatic heterocycles. The number of non-ortho nitro benzene ring substituents is 1. The van der Waals surface area contributed by atoms with Gasteiger partial charge in [-0.25, -0.2) is 18.4 Å². The Kier molecular flexibility index (Phi) is 4.12. The Morgan fingerprint density at radius 1 is 1.15 bits per heavy atom. The number of sulfonamides is 1. The van der Waals surface area contributed by atoms with E-state index in [9.17, 15) is 18.5 Å². The van der Waals surface area contributed by atoms with E-state index in [1.807, 2.05) is 0 Å². The normalized spacial score (nSPS) is 15.4. The fourth-order valence-corrected chi connectivity index (χ4v) is 4.17. The molecule has 0 N–H and O–H groups in total. The summed E-state index contributed by atoms with van der Waals surface area (Å²) in [4.78, 5) is 22.4. The first-order valence-corrected chi connectivity index (χ1v) is 9.25. The van der Waals surface area contributed by atoms with Crippen molar-refractivity contribution in [2.45, 2.75) is 10.8 Å². The van der Waals surface area contributed by atoms with Crippen molar-refractivity contribution < 1.29 is 17.9 Å². The van der Waals surface area contributed by atoms with Crippen LogP contribution in [0.15, 0.2) is 52.1 Å². The largest absolute Gasteiger partial charge is 0.338 e. The van der Waals surface area contributed by atoms with E-state index in [0.717, 1.165) is 6.07 Å². The zero-order chi connectivity index (χ0) is 19.0. The summed E-state index contributed by atoms with van der Waals surface area (Å²) in [6.07, 6.45) is 3.10. The summed E-state index contributed by atoms with van der Waals surface area (Å²) in [7, 11) is -3.83. The molecule has 4 rings (SSSR count). The third kappa shape index (κ3) is 3.15. The lowest BCUT2D eigenvalue weighted by atomic mass is 10.0. The van der Waals surface area contributed by atoms with Gasteiger partial charge < -0.3 is 4.52 Å². The standard InChI is InChI=1S/C15H12N6O5S/c22-21(23)11-3-1-4-12(7-11)27(24,25)20-8-10(9-20)15-18-14(19-26-15)13-16-5-2-6-17-13/h1-7,10H,8-9H2. The SMILES string of the molecule is O=[N+]([O-])c1cccc(S(=O)(=O)N2CC(c3nc(-c4ncccn4)no3)C2)c1. The lowest BCUT2D eigenvalue weighted by molar-refractivity contribution is -0.385. The number of hydrogen-bond acceptors (Lipinski definition) is 9. The molecule has 3 aromatic rings. The summed E-state index contributed by atoms with van der Waals surface area (Å²) in [5, 5.41) is 14.7. The Balaban J connectivity index is 1.48. The summed E-state index contributed by atoms with van der Waals surface area (Å²) in [5.74, 6) is 0.574. The molecule has 0 bridgehead atoms. The molecule has 0 amide bonds. The zero-order valence-corrected chi connectivity index (χ0v) is 14.5. The second kappa shape index (κ2) is 6.48. The molecular weight excluding hydrogens is 376 g/mol. The van der Waals surface area contributed by atoms with E-state index in [1.54, 1.807) is 18.5 Å². The van der Waals surface area contributed by atoms with Crippen molar-refractivity contribution >= 4 is 15.7 Å². The van der Waals surface area contributed by atoms with E-state index in [-0.39, 0.29) is 35.4 Å². The highest BCUT2D eigenvalue weighted by atomic mass is 32.2. The first kappa shape index (κ1) is 17.2. The van der Waals surface area contributed by atoms with Crippen molar-refractivity contribution in [2.75, 3.05) is 13.1 Å². The zero-order valence-electron chi connectivity index (χ0n) is 13.7. The lowest BCUT2D eigenvalue weighted by Crippen LogP contribution is -2.48. The van der Waals surface area contributed by atoms with E-state index in [1.165, 1.54) is 22.5 Å². The maximum atomic E-state index is 12.6. The van der Waals surface area contributed by atoms with Gasteiger partial charge in [0.25, 0.3) is 5.69 Å². The Bertz CT molecular complexity index is 1090. The predicted octanol–water partition coefficient (Wildman–Crippen LogP) is 1.22. The first-order chi connectivity index (χ1) is 12.9. The Morgan fingerprint density at radius 3 is 2.59 bits per heavy atom. The van der Waals surface area contributed by atoms with E-state index in [0.29, 0.717) is 11.7 Å². The van der Waals surface area contributed by atoms with Crippen LogP contribution in [0.1, 0.15) is 11.8 Å². The van der Waals surface area contributed by atoms with Gasteiger partial charge in [-0.05, 0) is 12.1 Å². The maximum Gasteiger partial charge on any atom is 0.270 e. The molecule has 0 atom stereocenters. The number of rotatable bonds is 5. The van der Waals surface area contributed by atoms with Crippen LogP contribution >= 0.6 is 0 Å². The molecule has 3 heterocycles. The number of nitro benzene ring substituents is 1. The molecule has 1 fully saturated rings. The summed E-state index contributed by atoms with van der Waals surface area (Å²) in [6, 6.07) is 6.61. The van der Waals surface area contributed by atoms with Crippen molar-refractivity contribution in [3.63, 3.8) is 0 Å². The lowest BCUT2D eigenvalue weighted by Gasteiger charge is -2.35. The summed E-state index contributed by atoms with van der Waals surface area (Å²) >= 11 is 0. The quantitative estimate of drug-likeness (QED) is 0.465. The van der Waals surface area contributed by atoms with Gasteiger partial charge in [-0.3, -0.25) is 10.1 Å². The van der Waals surface area contributed by atoms with Crippen LogP contribution in [0.25, 0.3) is 11.6 Å². The number of nitro groups is 1. The van der Waals surface area contributed by atoms with Crippen molar-refractivity contribution in [1.82, 2.24) is 24.4 Å². The number of aromatic nitrogens is 4. The Labute approximate surface area is 152 Å². The highest BCUT2D eigenvalue weighted by Gasteiger charge is 2.40. The van der Waals surface area contributed by atoms with Crippen LogP contribution in [-0.2, 0) is 10.0 Å². The van der Waals surface area contributed by atoms with E-state index >= 15 is 0 Å². The Hall–Kier alpha value is -3.25. The summed E-state index contributed by atoms with van der Waals surface area (Å²) in [6.45, 7) is 0.282. The minimum Gasteiger partial charge on any atom is -0.338 e. The topological polar surface area (TPSA) is 145 Å². The summed E-state index contributed by atoms with van der Waals surface area (Å²) < 4.78 is 31.6.